The van der Waals surface area contributed by atoms with Gasteiger partial charge in [-0.3, -0.25) is 0 Å². The molecule has 7 aromatic carbocycles. The number of thiophene rings is 1. The van der Waals surface area contributed by atoms with Crippen molar-refractivity contribution in [3.05, 3.63) is 240 Å². The van der Waals surface area contributed by atoms with Gasteiger partial charge in [-0.25, -0.2) is 0 Å². The number of thiol groups is 1. The van der Waals surface area contributed by atoms with Crippen molar-refractivity contribution in [3.63, 3.8) is 0 Å². The molecule has 0 amide bonds. The quantitative estimate of drug-likeness (QED) is 0.0834. The maximum atomic E-state index is 5.19. The van der Waals surface area contributed by atoms with Gasteiger partial charge in [0.05, 0.1) is 11.4 Å². The lowest BCUT2D eigenvalue weighted by Gasteiger charge is -2.36. The Labute approximate surface area is 368 Å². The summed E-state index contributed by atoms with van der Waals surface area (Å²) in [5, 5.41) is 4.88. The van der Waals surface area contributed by atoms with Crippen LogP contribution in [0.25, 0.3) is 49.0 Å². The topological polar surface area (TPSA) is 6.48 Å². The van der Waals surface area contributed by atoms with E-state index in [-0.39, 0.29) is 0 Å². The highest BCUT2D eigenvalue weighted by Crippen LogP contribution is 2.51. The predicted octanol–water partition coefficient (Wildman–Crippen LogP) is 16.7. The molecular formula is C57H44N2S2. The largest absolute Gasteiger partial charge is 0.313 e. The molecule has 0 saturated carbocycles. The van der Waals surface area contributed by atoms with Gasteiger partial charge in [0.25, 0.3) is 0 Å². The first-order valence-corrected chi connectivity index (χ1v) is 22.2. The van der Waals surface area contributed by atoms with Crippen molar-refractivity contribution in [3.8, 4) is 10.4 Å². The van der Waals surface area contributed by atoms with E-state index in [1.165, 1.54) is 65.1 Å². The third-order valence-electron chi connectivity index (χ3n) is 11.5. The second-order valence-corrected chi connectivity index (χ2v) is 16.9. The Morgan fingerprint density at radius 1 is 0.590 bits per heavy atom. The second kappa shape index (κ2) is 17.4. The van der Waals surface area contributed by atoms with Crippen LogP contribution in [-0.4, -0.2) is 0 Å². The summed E-state index contributed by atoms with van der Waals surface area (Å²) >= 11 is 6.99. The fraction of sp³-hybridized carbons (Fsp3) is 0.0526. The standard InChI is InChI=1S/C57H44N2S2/c60-54(32-18-29-49-36-38-55(61-49)44-34-33-41-19-14-15-20-42(41)39-44)43-35-37-52-53(40-43)57(59(47-25-10-4-11-26-47)48-27-12-5-13-28-48)51-31-17-16-30-50(51)56(52)58(46-23-8-3-9-24-46)45-21-6-1-2-7-22-45/h1-16,18-21,23-30,32-40,60H,17,22,31H2/b29-18+,54-32-. The van der Waals surface area contributed by atoms with Crippen molar-refractivity contribution in [2.24, 2.45) is 0 Å². The lowest BCUT2D eigenvalue weighted by molar-refractivity contribution is 0.977. The number of nitrogens with zero attached hydrogens (tertiary/aromatic N) is 2. The van der Waals surface area contributed by atoms with Crippen molar-refractivity contribution in [1.82, 2.24) is 0 Å². The third kappa shape index (κ3) is 7.84. The van der Waals surface area contributed by atoms with Crippen molar-refractivity contribution < 1.29 is 0 Å². The van der Waals surface area contributed by atoms with Crippen molar-refractivity contribution in [2.45, 2.75) is 19.3 Å². The lowest BCUT2D eigenvalue weighted by atomic mass is 9.87. The molecule has 2 aliphatic rings. The van der Waals surface area contributed by atoms with Crippen molar-refractivity contribution in [2.75, 3.05) is 9.80 Å². The van der Waals surface area contributed by atoms with Crippen molar-refractivity contribution in [1.29, 1.82) is 0 Å². The predicted molar refractivity (Wildman–Crippen MR) is 269 cm³/mol. The number of hydrogen-bond donors (Lipinski definition) is 1. The van der Waals surface area contributed by atoms with Crippen LogP contribution in [0.5, 0.6) is 0 Å². The molecule has 0 radical (unpaired) electrons. The SMILES string of the molecule is S/C(=C\C=C\c1ccc(-c2ccc3ccccc3c2)s1)c1ccc2c(N(C3=CC=CC=CC3)c3ccccc3)c3c(c(N(c4ccccc4)c4ccccc4)c2c1)CCC=C3. The smallest absolute Gasteiger partial charge is 0.0613 e. The maximum Gasteiger partial charge on any atom is 0.0613 e. The van der Waals surface area contributed by atoms with E-state index in [9.17, 15) is 0 Å². The zero-order chi connectivity index (χ0) is 41.0. The molecule has 0 saturated heterocycles. The minimum atomic E-state index is 0.811. The van der Waals surface area contributed by atoms with Crippen LogP contribution in [-0.2, 0) is 6.42 Å². The van der Waals surface area contributed by atoms with Crippen LogP contribution in [0, 0.1) is 0 Å². The Balaban J connectivity index is 1.14. The van der Waals surface area contributed by atoms with E-state index in [1.807, 2.05) is 0 Å². The lowest BCUT2D eigenvalue weighted by Crippen LogP contribution is -2.21. The van der Waals surface area contributed by atoms with E-state index >= 15 is 0 Å². The molecule has 0 N–H and O–H groups in total. The number of hydrogen-bond acceptors (Lipinski definition) is 4. The summed E-state index contributed by atoms with van der Waals surface area (Å²) < 4.78 is 0. The van der Waals surface area contributed by atoms with E-state index in [2.05, 4.69) is 234 Å². The minimum absolute atomic E-state index is 0.811. The normalized spacial score (nSPS) is 13.7. The number of anilines is 5. The Morgan fingerprint density at radius 2 is 1.30 bits per heavy atom. The van der Waals surface area contributed by atoms with E-state index in [0.717, 1.165) is 46.8 Å². The van der Waals surface area contributed by atoms with Gasteiger partial charge in [0.1, 0.15) is 0 Å². The fourth-order valence-corrected chi connectivity index (χ4v) is 9.76. The summed E-state index contributed by atoms with van der Waals surface area (Å²) in [5.74, 6) is 0. The van der Waals surface area contributed by atoms with Gasteiger partial charge >= 0.3 is 0 Å². The molecule has 0 bridgehead atoms. The summed E-state index contributed by atoms with van der Waals surface area (Å²) in [4.78, 5) is 8.31. The second-order valence-electron chi connectivity index (χ2n) is 15.3. The molecule has 294 valence electrons. The summed E-state index contributed by atoms with van der Waals surface area (Å²) in [6.07, 6.45) is 24.8. The zero-order valence-electron chi connectivity index (χ0n) is 33.7. The van der Waals surface area contributed by atoms with Gasteiger partial charge in [-0.1, -0.05) is 146 Å². The van der Waals surface area contributed by atoms with Gasteiger partial charge in [0.15, 0.2) is 0 Å². The number of para-hydroxylation sites is 3. The van der Waals surface area contributed by atoms with Crippen molar-refractivity contribution >= 4 is 91.0 Å². The monoisotopic (exact) mass is 820 g/mol. The summed E-state index contributed by atoms with van der Waals surface area (Å²) in [6, 6.07) is 59.0. The first-order valence-electron chi connectivity index (χ1n) is 20.9. The van der Waals surface area contributed by atoms with Gasteiger partial charge in [-0.2, -0.15) is 0 Å². The van der Waals surface area contributed by atoms with E-state index in [0.29, 0.717) is 0 Å². The van der Waals surface area contributed by atoms with E-state index in [4.69, 9.17) is 12.6 Å². The first kappa shape index (κ1) is 38.4. The molecule has 0 unspecified atom stereocenters. The fourth-order valence-electron chi connectivity index (χ4n) is 8.62. The summed E-state index contributed by atoms with van der Waals surface area (Å²) in [6.45, 7) is 0. The highest BCUT2D eigenvalue weighted by atomic mass is 32.1. The molecule has 0 spiro atoms. The Morgan fingerprint density at radius 3 is 2.05 bits per heavy atom. The molecule has 1 aromatic heterocycles. The summed E-state index contributed by atoms with van der Waals surface area (Å²) in [7, 11) is 0. The average molecular weight is 821 g/mol. The number of fused-ring (bicyclic) bond motifs is 3. The molecule has 0 aliphatic heterocycles. The molecule has 61 heavy (non-hydrogen) atoms. The molecule has 1 heterocycles. The van der Waals surface area contributed by atoms with Crippen LogP contribution >= 0.6 is 24.0 Å². The first-order chi connectivity index (χ1) is 30.2. The van der Waals surface area contributed by atoms with Gasteiger partial charge < -0.3 is 9.80 Å². The number of benzene rings is 7. The van der Waals surface area contributed by atoms with Gasteiger partial charge in [-0.15, -0.1) is 24.0 Å². The van der Waals surface area contributed by atoms with Crippen LogP contribution in [0.1, 0.15) is 34.4 Å². The molecule has 10 rings (SSSR count). The number of rotatable bonds is 10. The third-order valence-corrected chi connectivity index (χ3v) is 13.0. The van der Waals surface area contributed by atoms with Gasteiger partial charge in [-0.05, 0) is 119 Å². The minimum Gasteiger partial charge on any atom is -0.313 e. The average Bonchev–Trinajstić information content (AvgIpc) is 3.64. The molecule has 0 atom stereocenters. The highest BCUT2D eigenvalue weighted by Gasteiger charge is 2.29. The number of allylic oxidation sites excluding steroid dienone is 8. The molecule has 2 aliphatic carbocycles. The van der Waals surface area contributed by atoms with E-state index < -0.39 is 0 Å². The van der Waals surface area contributed by atoms with E-state index in [1.54, 1.807) is 11.3 Å². The van der Waals surface area contributed by atoms with Crippen LogP contribution in [0.4, 0.5) is 28.4 Å². The highest BCUT2D eigenvalue weighted by molar-refractivity contribution is 7.90. The Hall–Kier alpha value is -6.85. The van der Waals surface area contributed by atoms with Crippen LogP contribution in [0.15, 0.2) is 218 Å². The molecule has 0 fully saturated rings. The summed E-state index contributed by atoms with van der Waals surface area (Å²) in [5.41, 5.74) is 11.9. The molecule has 2 nitrogen and oxygen atoms in total. The zero-order valence-corrected chi connectivity index (χ0v) is 35.4. The molecule has 8 aromatic rings. The molecule has 4 heteroatoms. The van der Waals surface area contributed by atoms with Crippen LogP contribution in [0.2, 0.25) is 0 Å². The van der Waals surface area contributed by atoms with Gasteiger partial charge in [0, 0.05) is 60.2 Å². The maximum absolute atomic E-state index is 5.19. The molecular weight excluding hydrogens is 777 g/mol. The van der Waals surface area contributed by atoms with Crippen LogP contribution in [0.3, 0.4) is 0 Å². The Kier molecular flexibility index (Phi) is 10.9. The van der Waals surface area contributed by atoms with Crippen LogP contribution < -0.4 is 9.80 Å². The Bertz CT molecular complexity index is 3020. The van der Waals surface area contributed by atoms with Gasteiger partial charge in [0.2, 0.25) is 0 Å².